The molecule has 0 unspecified atom stereocenters. The van der Waals surface area contributed by atoms with Gasteiger partial charge in [0.05, 0.1) is 18.5 Å². The summed E-state index contributed by atoms with van der Waals surface area (Å²) in [5.41, 5.74) is 3.49. The van der Waals surface area contributed by atoms with E-state index in [-0.39, 0.29) is 0 Å². The summed E-state index contributed by atoms with van der Waals surface area (Å²) in [4.78, 5) is 7.52. The van der Waals surface area contributed by atoms with Crippen molar-refractivity contribution in [2.24, 2.45) is 0 Å². The lowest BCUT2D eigenvalue weighted by Crippen LogP contribution is -2.08. The lowest BCUT2D eigenvalue weighted by molar-refractivity contribution is 0.288. The summed E-state index contributed by atoms with van der Waals surface area (Å²) in [5.74, 6) is 2.56. The molecule has 0 aliphatic carbocycles. The average molecular weight is 246 g/mol. The first kappa shape index (κ1) is 10.7. The quantitative estimate of drug-likeness (QED) is 0.800. The molecule has 0 radical (unpaired) electrons. The Morgan fingerprint density at radius 2 is 2.35 bits per heavy atom. The van der Waals surface area contributed by atoms with Crippen molar-refractivity contribution in [1.29, 1.82) is 0 Å². The lowest BCUT2D eigenvalue weighted by Gasteiger charge is -2.17. The number of hydrogen-bond acceptors (Lipinski definition) is 3. The zero-order valence-corrected chi connectivity index (χ0v) is 10.3. The fraction of sp³-hybridized carbons (Fsp3) is 0.308. The van der Waals surface area contributed by atoms with Gasteiger partial charge in [-0.15, -0.1) is 0 Å². The molecule has 1 aliphatic heterocycles. The fourth-order valence-corrected chi connectivity index (χ4v) is 2.28. The van der Waals surface area contributed by atoms with Gasteiger partial charge < -0.3 is 9.72 Å². The van der Waals surface area contributed by atoms with Gasteiger partial charge in [-0.1, -0.05) is 0 Å². The van der Waals surface area contributed by atoms with E-state index in [0.29, 0.717) is 5.75 Å². The first-order valence-corrected chi connectivity index (χ1v) is 6.41. The van der Waals surface area contributed by atoms with E-state index in [1.54, 1.807) is 0 Å². The summed E-state index contributed by atoms with van der Waals surface area (Å²) < 4.78 is 5.60. The van der Waals surface area contributed by atoms with Crippen LogP contribution in [0, 0.1) is 0 Å². The van der Waals surface area contributed by atoms with Crippen LogP contribution in [0.2, 0.25) is 0 Å². The monoisotopic (exact) mass is 246 g/mol. The molecule has 0 atom stereocenters. The first-order chi connectivity index (χ1) is 8.36. The molecule has 0 saturated carbocycles. The van der Waals surface area contributed by atoms with Crippen molar-refractivity contribution in [2.75, 3.05) is 6.61 Å². The van der Waals surface area contributed by atoms with Crippen LogP contribution in [-0.2, 0) is 12.2 Å². The van der Waals surface area contributed by atoms with Gasteiger partial charge in [0.2, 0.25) is 0 Å². The number of benzene rings is 1. The van der Waals surface area contributed by atoms with E-state index in [0.717, 1.165) is 42.3 Å². The molecule has 4 heteroatoms. The topological polar surface area (TPSA) is 37.9 Å². The number of rotatable bonds is 2. The Labute approximate surface area is 106 Å². The van der Waals surface area contributed by atoms with Gasteiger partial charge in [0.15, 0.2) is 0 Å². The van der Waals surface area contributed by atoms with E-state index in [2.05, 4.69) is 34.7 Å². The highest BCUT2D eigenvalue weighted by atomic mass is 32.1. The summed E-state index contributed by atoms with van der Waals surface area (Å²) in [6.07, 6.45) is 4.05. The maximum absolute atomic E-state index is 5.60. The molecule has 0 fully saturated rings. The number of nitrogens with zero attached hydrogens (tertiary/aromatic N) is 1. The lowest BCUT2D eigenvalue weighted by atomic mass is 10.0. The second-order valence-electron chi connectivity index (χ2n) is 4.18. The van der Waals surface area contributed by atoms with Crippen molar-refractivity contribution in [2.45, 2.75) is 18.6 Å². The summed E-state index contributed by atoms with van der Waals surface area (Å²) in [5, 5.41) is 0. The molecular weight excluding hydrogens is 232 g/mol. The number of fused-ring (bicyclic) bond motifs is 1. The highest BCUT2D eigenvalue weighted by Crippen LogP contribution is 2.29. The molecule has 1 aliphatic rings. The number of aromatic nitrogens is 2. The summed E-state index contributed by atoms with van der Waals surface area (Å²) in [6.45, 7) is 0.834. The number of thiol groups is 1. The van der Waals surface area contributed by atoms with Gasteiger partial charge in [0.1, 0.15) is 11.6 Å². The molecular formula is C13H14N2OS. The highest BCUT2D eigenvalue weighted by molar-refractivity contribution is 7.79. The predicted molar refractivity (Wildman–Crippen MR) is 70.5 cm³/mol. The van der Waals surface area contributed by atoms with Crippen LogP contribution >= 0.6 is 12.6 Å². The molecule has 0 bridgehead atoms. The highest BCUT2D eigenvalue weighted by Gasteiger charge is 2.11. The molecule has 0 amide bonds. The maximum atomic E-state index is 5.60. The Morgan fingerprint density at radius 1 is 1.41 bits per heavy atom. The zero-order chi connectivity index (χ0) is 11.7. The van der Waals surface area contributed by atoms with Crippen LogP contribution in [0.25, 0.3) is 11.3 Å². The zero-order valence-electron chi connectivity index (χ0n) is 9.44. The van der Waals surface area contributed by atoms with Crippen LogP contribution in [0.5, 0.6) is 5.75 Å². The van der Waals surface area contributed by atoms with Gasteiger partial charge in [-0.05, 0) is 36.6 Å². The van der Waals surface area contributed by atoms with Crippen LogP contribution < -0.4 is 4.74 Å². The van der Waals surface area contributed by atoms with Crippen LogP contribution in [0.1, 0.15) is 17.8 Å². The molecule has 3 nitrogen and oxygen atoms in total. The molecule has 1 aromatic carbocycles. The Morgan fingerprint density at radius 3 is 3.18 bits per heavy atom. The number of hydrogen-bond donors (Lipinski definition) is 2. The Hall–Kier alpha value is -1.42. The Kier molecular flexibility index (Phi) is 2.81. The van der Waals surface area contributed by atoms with E-state index in [9.17, 15) is 0 Å². The number of imidazole rings is 1. The molecule has 0 saturated heterocycles. The largest absolute Gasteiger partial charge is 0.493 e. The fourth-order valence-electron chi connectivity index (χ4n) is 2.12. The number of aromatic amines is 1. The molecule has 2 aromatic rings. The number of nitrogens with one attached hydrogen (secondary N) is 1. The average Bonchev–Trinajstić information content (AvgIpc) is 2.87. The minimum absolute atomic E-state index is 0.633. The van der Waals surface area contributed by atoms with Gasteiger partial charge in [-0.3, -0.25) is 0 Å². The van der Waals surface area contributed by atoms with E-state index in [1.807, 2.05) is 12.3 Å². The van der Waals surface area contributed by atoms with E-state index in [1.165, 1.54) is 5.56 Å². The van der Waals surface area contributed by atoms with Crippen molar-refractivity contribution in [3.63, 3.8) is 0 Å². The minimum Gasteiger partial charge on any atom is -0.493 e. The van der Waals surface area contributed by atoms with Gasteiger partial charge in [0.25, 0.3) is 0 Å². The predicted octanol–water partition coefficient (Wildman–Crippen LogP) is 2.83. The molecule has 1 aromatic heterocycles. The number of H-pyrrole nitrogens is 1. The third-order valence-corrected chi connectivity index (χ3v) is 3.30. The van der Waals surface area contributed by atoms with Crippen molar-refractivity contribution >= 4 is 12.6 Å². The Balaban J connectivity index is 1.97. The van der Waals surface area contributed by atoms with E-state index >= 15 is 0 Å². The van der Waals surface area contributed by atoms with Crippen molar-refractivity contribution in [3.8, 4) is 17.0 Å². The van der Waals surface area contributed by atoms with E-state index in [4.69, 9.17) is 4.74 Å². The standard InChI is InChI=1S/C13H14N2OS/c17-8-13-14-7-11(15-13)9-3-4-12-10(6-9)2-1-5-16-12/h3-4,6-7,17H,1-2,5,8H2,(H,14,15). The van der Waals surface area contributed by atoms with Crippen LogP contribution in [0.4, 0.5) is 0 Å². The third-order valence-electron chi connectivity index (χ3n) is 3.00. The Bertz CT molecular complexity index is 536. The molecule has 3 rings (SSSR count). The summed E-state index contributed by atoms with van der Waals surface area (Å²) in [6, 6.07) is 6.30. The normalized spacial score (nSPS) is 14.2. The van der Waals surface area contributed by atoms with Crippen LogP contribution in [0.15, 0.2) is 24.4 Å². The minimum atomic E-state index is 0.633. The van der Waals surface area contributed by atoms with Crippen LogP contribution in [0.3, 0.4) is 0 Å². The van der Waals surface area contributed by atoms with Crippen molar-refractivity contribution in [1.82, 2.24) is 9.97 Å². The second kappa shape index (κ2) is 4.45. The molecule has 0 spiro atoms. The van der Waals surface area contributed by atoms with Gasteiger partial charge in [-0.25, -0.2) is 4.98 Å². The molecule has 2 heterocycles. The summed E-state index contributed by atoms with van der Waals surface area (Å²) in [7, 11) is 0. The van der Waals surface area contributed by atoms with E-state index < -0.39 is 0 Å². The second-order valence-corrected chi connectivity index (χ2v) is 4.49. The SMILES string of the molecule is SCc1ncc(-c2ccc3c(c2)CCCO3)[nH]1. The molecule has 17 heavy (non-hydrogen) atoms. The summed E-state index contributed by atoms with van der Waals surface area (Å²) >= 11 is 4.20. The smallest absolute Gasteiger partial charge is 0.122 e. The van der Waals surface area contributed by atoms with Crippen LogP contribution in [-0.4, -0.2) is 16.6 Å². The molecule has 1 N–H and O–H groups in total. The maximum Gasteiger partial charge on any atom is 0.122 e. The van der Waals surface area contributed by atoms with Gasteiger partial charge >= 0.3 is 0 Å². The first-order valence-electron chi connectivity index (χ1n) is 5.77. The van der Waals surface area contributed by atoms with Crippen molar-refractivity contribution in [3.05, 3.63) is 35.8 Å². The molecule has 88 valence electrons. The number of ether oxygens (including phenoxy) is 1. The third kappa shape index (κ3) is 2.05. The van der Waals surface area contributed by atoms with Gasteiger partial charge in [-0.2, -0.15) is 12.6 Å². The van der Waals surface area contributed by atoms with Gasteiger partial charge in [0, 0.05) is 11.3 Å². The number of aryl methyl sites for hydroxylation is 1. The van der Waals surface area contributed by atoms with Crippen molar-refractivity contribution < 1.29 is 4.74 Å².